The van der Waals surface area contributed by atoms with Gasteiger partial charge >= 0.3 is 5.97 Å². The van der Waals surface area contributed by atoms with E-state index in [1.54, 1.807) is 0 Å². The summed E-state index contributed by atoms with van der Waals surface area (Å²) in [6.07, 6.45) is 3.45. The molecular formula is C18H16FN3O4. The fraction of sp³-hybridized carbons (Fsp3) is 0.278. The molecule has 1 aliphatic heterocycles. The van der Waals surface area contributed by atoms with Crippen molar-refractivity contribution >= 4 is 17.7 Å². The summed E-state index contributed by atoms with van der Waals surface area (Å²) in [5.74, 6) is -2.53. The number of halogens is 1. The van der Waals surface area contributed by atoms with Crippen LogP contribution in [-0.2, 0) is 0 Å². The molecular weight excluding hydrogens is 341 g/mol. The molecule has 1 atom stereocenters. The second-order valence-corrected chi connectivity index (χ2v) is 6.05. The molecule has 1 aromatic heterocycles. The van der Waals surface area contributed by atoms with Gasteiger partial charge < -0.3 is 10.0 Å². The number of carboxylic acid groups (broad SMARTS) is 1. The van der Waals surface area contributed by atoms with E-state index in [2.05, 4.69) is 9.97 Å². The number of likely N-dealkylation sites (tertiary alicyclic amines) is 1. The highest BCUT2D eigenvalue weighted by Gasteiger charge is 2.30. The molecule has 26 heavy (non-hydrogen) atoms. The highest BCUT2D eigenvalue weighted by Crippen LogP contribution is 2.22. The summed E-state index contributed by atoms with van der Waals surface area (Å²) in [7, 11) is 0. The first-order valence-corrected chi connectivity index (χ1v) is 8.10. The van der Waals surface area contributed by atoms with Crippen molar-refractivity contribution in [3.8, 4) is 0 Å². The number of piperidine rings is 1. The van der Waals surface area contributed by atoms with Gasteiger partial charge in [-0.2, -0.15) is 0 Å². The predicted molar refractivity (Wildman–Crippen MR) is 88.3 cm³/mol. The zero-order chi connectivity index (χ0) is 18.7. The summed E-state index contributed by atoms with van der Waals surface area (Å²) < 4.78 is 13.0. The Morgan fingerprint density at radius 2 is 1.73 bits per heavy atom. The first-order chi connectivity index (χ1) is 12.5. The van der Waals surface area contributed by atoms with Crippen molar-refractivity contribution in [2.75, 3.05) is 13.1 Å². The van der Waals surface area contributed by atoms with E-state index in [1.807, 2.05) is 0 Å². The number of ketones is 1. The number of nitrogens with zero attached hydrogens (tertiary/aromatic N) is 3. The minimum Gasteiger partial charge on any atom is -0.476 e. The standard InChI is InChI=1S/C18H16FN3O4/c19-13-5-3-11(4-6-13)16(23)12-2-1-7-22(10-12)17(24)14-8-21-15(9-20-14)18(25)26/h3-6,8-9,12H,1-2,7,10H2,(H,25,26). The van der Waals surface area contributed by atoms with Gasteiger partial charge in [0, 0.05) is 24.6 Å². The van der Waals surface area contributed by atoms with Crippen LogP contribution in [0.3, 0.4) is 0 Å². The maximum absolute atomic E-state index is 13.0. The summed E-state index contributed by atoms with van der Waals surface area (Å²) in [6, 6.07) is 5.35. The lowest BCUT2D eigenvalue weighted by Gasteiger charge is -2.31. The summed E-state index contributed by atoms with van der Waals surface area (Å²) >= 11 is 0. The maximum atomic E-state index is 13.0. The predicted octanol–water partition coefficient (Wildman–Crippen LogP) is 2.05. The number of amides is 1. The van der Waals surface area contributed by atoms with Gasteiger partial charge in [-0.25, -0.2) is 19.2 Å². The number of benzene rings is 1. The Balaban J connectivity index is 1.71. The number of aromatic nitrogens is 2. The number of hydrogen-bond acceptors (Lipinski definition) is 5. The largest absolute Gasteiger partial charge is 0.476 e. The van der Waals surface area contributed by atoms with Crippen molar-refractivity contribution in [1.82, 2.24) is 14.9 Å². The molecule has 7 nitrogen and oxygen atoms in total. The molecule has 0 saturated carbocycles. The Hall–Kier alpha value is -3.16. The van der Waals surface area contributed by atoms with Crippen molar-refractivity contribution < 1.29 is 23.9 Å². The number of hydrogen-bond donors (Lipinski definition) is 1. The Labute approximate surface area is 148 Å². The van der Waals surface area contributed by atoms with Crippen LogP contribution in [0.4, 0.5) is 4.39 Å². The van der Waals surface area contributed by atoms with Gasteiger partial charge in [0.05, 0.1) is 12.4 Å². The van der Waals surface area contributed by atoms with Gasteiger partial charge in [0.15, 0.2) is 11.5 Å². The van der Waals surface area contributed by atoms with Crippen LogP contribution in [-0.4, -0.2) is 50.7 Å². The molecule has 0 spiro atoms. The van der Waals surface area contributed by atoms with Crippen LogP contribution in [0.5, 0.6) is 0 Å². The Bertz CT molecular complexity index is 837. The Morgan fingerprint density at radius 3 is 2.35 bits per heavy atom. The SMILES string of the molecule is O=C(O)c1cnc(C(=O)N2CCCC(C(=O)c3ccc(F)cc3)C2)cn1. The molecule has 1 aromatic carbocycles. The normalized spacial score (nSPS) is 17.0. The average molecular weight is 357 g/mol. The lowest BCUT2D eigenvalue weighted by molar-refractivity contribution is 0.0626. The van der Waals surface area contributed by atoms with Crippen molar-refractivity contribution in [3.05, 3.63) is 59.4 Å². The summed E-state index contributed by atoms with van der Waals surface area (Å²) in [6.45, 7) is 0.714. The molecule has 1 amide bonds. The fourth-order valence-electron chi connectivity index (χ4n) is 2.94. The molecule has 0 aliphatic carbocycles. The molecule has 1 aliphatic rings. The third kappa shape index (κ3) is 3.74. The van der Waals surface area contributed by atoms with E-state index in [1.165, 1.54) is 29.2 Å². The second kappa shape index (κ2) is 7.38. The molecule has 2 aromatic rings. The quantitative estimate of drug-likeness (QED) is 0.841. The fourth-order valence-corrected chi connectivity index (χ4v) is 2.94. The topological polar surface area (TPSA) is 100 Å². The van der Waals surface area contributed by atoms with E-state index in [0.29, 0.717) is 24.9 Å². The van der Waals surface area contributed by atoms with Crippen molar-refractivity contribution in [2.24, 2.45) is 5.92 Å². The third-order valence-corrected chi connectivity index (χ3v) is 4.30. The van der Waals surface area contributed by atoms with Gasteiger partial charge in [0.25, 0.3) is 5.91 Å². The molecule has 1 unspecified atom stereocenters. The molecule has 1 saturated heterocycles. The maximum Gasteiger partial charge on any atom is 0.356 e. The van der Waals surface area contributed by atoms with Gasteiger partial charge in [-0.1, -0.05) is 0 Å². The van der Waals surface area contributed by atoms with Crippen molar-refractivity contribution in [2.45, 2.75) is 12.8 Å². The van der Waals surface area contributed by atoms with E-state index in [-0.39, 0.29) is 29.6 Å². The monoisotopic (exact) mass is 357 g/mol. The van der Waals surface area contributed by atoms with Gasteiger partial charge in [-0.3, -0.25) is 9.59 Å². The number of aromatic carboxylic acids is 1. The van der Waals surface area contributed by atoms with Crippen LogP contribution in [0.15, 0.2) is 36.7 Å². The summed E-state index contributed by atoms with van der Waals surface area (Å²) in [5, 5.41) is 8.83. The zero-order valence-corrected chi connectivity index (χ0v) is 13.8. The lowest BCUT2D eigenvalue weighted by atomic mass is 9.90. The molecule has 1 N–H and O–H groups in total. The first kappa shape index (κ1) is 17.7. The van der Waals surface area contributed by atoms with Crippen LogP contribution in [0.25, 0.3) is 0 Å². The number of rotatable bonds is 4. The lowest BCUT2D eigenvalue weighted by Crippen LogP contribution is -2.42. The van der Waals surface area contributed by atoms with Gasteiger partial charge in [0.2, 0.25) is 0 Å². The van der Waals surface area contributed by atoms with E-state index < -0.39 is 17.7 Å². The van der Waals surface area contributed by atoms with Gasteiger partial charge in [-0.05, 0) is 37.1 Å². The van der Waals surface area contributed by atoms with Crippen LogP contribution in [0.2, 0.25) is 0 Å². The molecule has 2 heterocycles. The number of Topliss-reactive ketones (excluding diaryl/α,β-unsaturated/α-hetero) is 1. The molecule has 0 bridgehead atoms. The molecule has 3 rings (SSSR count). The van der Waals surface area contributed by atoms with Crippen LogP contribution in [0, 0.1) is 11.7 Å². The second-order valence-electron chi connectivity index (χ2n) is 6.05. The molecule has 1 fully saturated rings. The summed E-state index contributed by atoms with van der Waals surface area (Å²) in [4.78, 5) is 45.0. The van der Waals surface area contributed by atoms with E-state index >= 15 is 0 Å². The smallest absolute Gasteiger partial charge is 0.356 e. The van der Waals surface area contributed by atoms with Crippen LogP contribution < -0.4 is 0 Å². The molecule has 134 valence electrons. The zero-order valence-electron chi connectivity index (χ0n) is 13.8. The number of carbonyl (C=O) groups excluding carboxylic acids is 2. The van der Waals surface area contributed by atoms with E-state index in [0.717, 1.165) is 12.4 Å². The Kier molecular flexibility index (Phi) is 5.01. The van der Waals surface area contributed by atoms with Gasteiger partial charge in [-0.15, -0.1) is 0 Å². The van der Waals surface area contributed by atoms with Crippen molar-refractivity contribution in [1.29, 1.82) is 0 Å². The first-order valence-electron chi connectivity index (χ1n) is 8.10. The summed E-state index contributed by atoms with van der Waals surface area (Å²) in [5.41, 5.74) is 0.200. The average Bonchev–Trinajstić information content (AvgIpc) is 2.67. The minimum atomic E-state index is -1.22. The minimum absolute atomic E-state index is 0.0323. The highest BCUT2D eigenvalue weighted by molar-refractivity contribution is 5.99. The van der Waals surface area contributed by atoms with E-state index in [9.17, 15) is 18.8 Å². The highest BCUT2D eigenvalue weighted by atomic mass is 19.1. The number of carboxylic acids is 1. The van der Waals surface area contributed by atoms with Crippen molar-refractivity contribution in [3.63, 3.8) is 0 Å². The molecule has 8 heteroatoms. The van der Waals surface area contributed by atoms with Gasteiger partial charge in [0.1, 0.15) is 11.5 Å². The Morgan fingerprint density at radius 1 is 1.08 bits per heavy atom. The third-order valence-electron chi connectivity index (χ3n) is 4.30. The van der Waals surface area contributed by atoms with Crippen LogP contribution in [0.1, 0.15) is 44.2 Å². The van der Waals surface area contributed by atoms with Crippen LogP contribution >= 0.6 is 0 Å². The van der Waals surface area contributed by atoms with E-state index in [4.69, 9.17) is 5.11 Å². The number of carbonyl (C=O) groups is 3. The molecule has 0 radical (unpaired) electrons.